The van der Waals surface area contributed by atoms with E-state index in [1.807, 2.05) is 12.1 Å². The van der Waals surface area contributed by atoms with Crippen LogP contribution in [-0.4, -0.2) is 76.8 Å². The van der Waals surface area contributed by atoms with Crippen molar-refractivity contribution < 1.29 is 17.4 Å². The topological polar surface area (TPSA) is 91.8 Å². The van der Waals surface area contributed by atoms with Gasteiger partial charge >= 0.3 is 0 Å². The van der Waals surface area contributed by atoms with Gasteiger partial charge in [0.2, 0.25) is 0 Å². The normalized spacial score (nSPS) is 14.9. The SMILES string of the molecule is CN1CCN(c2ccc(C(=O)NCCCCCCCCCCCCCCOS(C)(=O)=O)cn2)CC1. The van der Waals surface area contributed by atoms with Crippen molar-refractivity contribution in [3.63, 3.8) is 0 Å². The van der Waals surface area contributed by atoms with Gasteiger partial charge in [-0.2, -0.15) is 8.42 Å². The van der Waals surface area contributed by atoms with Crippen LogP contribution in [0, 0.1) is 0 Å². The highest BCUT2D eigenvalue weighted by molar-refractivity contribution is 7.85. The molecular formula is C26H46N4O4S. The number of hydrogen-bond donors (Lipinski definition) is 1. The fourth-order valence-corrected chi connectivity index (χ4v) is 4.67. The van der Waals surface area contributed by atoms with Gasteiger partial charge in [-0.3, -0.25) is 8.98 Å². The third-order valence-electron chi connectivity index (χ3n) is 6.49. The molecule has 200 valence electrons. The van der Waals surface area contributed by atoms with Crippen LogP contribution >= 0.6 is 0 Å². The fourth-order valence-electron chi connectivity index (χ4n) is 4.25. The summed E-state index contributed by atoms with van der Waals surface area (Å²) >= 11 is 0. The molecule has 0 bridgehead atoms. The first-order chi connectivity index (χ1) is 16.8. The zero-order valence-corrected chi connectivity index (χ0v) is 22.7. The molecule has 0 radical (unpaired) electrons. The van der Waals surface area contributed by atoms with Gasteiger partial charge in [-0.15, -0.1) is 0 Å². The van der Waals surface area contributed by atoms with Crippen molar-refractivity contribution in [3.8, 4) is 0 Å². The molecule has 0 spiro atoms. The molecule has 1 aliphatic rings. The molecule has 0 aliphatic carbocycles. The van der Waals surface area contributed by atoms with Gasteiger partial charge in [0.1, 0.15) is 5.82 Å². The lowest BCUT2D eigenvalue weighted by Gasteiger charge is -2.33. The van der Waals surface area contributed by atoms with Crippen LogP contribution in [0.2, 0.25) is 0 Å². The first-order valence-corrected chi connectivity index (χ1v) is 15.2. The van der Waals surface area contributed by atoms with E-state index >= 15 is 0 Å². The summed E-state index contributed by atoms with van der Waals surface area (Å²) in [6.45, 7) is 5.05. The van der Waals surface area contributed by atoms with Gasteiger partial charge < -0.3 is 15.1 Å². The Hall–Kier alpha value is -1.71. The van der Waals surface area contributed by atoms with Crippen molar-refractivity contribution in [1.82, 2.24) is 15.2 Å². The van der Waals surface area contributed by atoms with Gasteiger partial charge in [-0.1, -0.05) is 64.2 Å². The van der Waals surface area contributed by atoms with E-state index in [-0.39, 0.29) is 5.91 Å². The van der Waals surface area contributed by atoms with Crippen molar-refractivity contribution in [1.29, 1.82) is 0 Å². The number of rotatable bonds is 18. The molecule has 1 amide bonds. The van der Waals surface area contributed by atoms with Gasteiger partial charge in [0, 0.05) is 38.9 Å². The molecule has 1 saturated heterocycles. The zero-order chi connectivity index (χ0) is 25.4. The third kappa shape index (κ3) is 13.8. The molecule has 1 aliphatic heterocycles. The number of pyridine rings is 1. The van der Waals surface area contributed by atoms with E-state index < -0.39 is 10.1 Å². The summed E-state index contributed by atoms with van der Waals surface area (Å²) in [6.07, 6.45) is 16.7. The Kier molecular flexibility index (Phi) is 14.2. The van der Waals surface area contributed by atoms with Crippen LogP contribution in [0.5, 0.6) is 0 Å². The van der Waals surface area contributed by atoms with Crippen LogP contribution in [0.4, 0.5) is 5.82 Å². The lowest BCUT2D eigenvalue weighted by molar-refractivity contribution is 0.0952. The molecule has 0 atom stereocenters. The van der Waals surface area contributed by atoms with Crippen LogP contribution in [0.3, 0.4) is 0 Å². The second kappa shape index (κ2) is 16.9. The highest BCUT2D eigenvalue weighted by Crippen LogP contribution is 2.14. The van der Waals surface area contributed by atoms with Crippen LogP contribution in [0.1, 0.15) is 87.4 Å². The first-order valence-electron chi connectivity index (χ1n) is 13.4. The largest absolute Gasteiger partial charge is 0.354 e. The van der Waals surface area contributed by atoms with E-state index in [1.54, 1.807) is 6.20 Å². The van der Waals surface area contributed by atoms with E-state index in [1.165, 1.54) is 44.9 Å². The molecule has 1 N–H and O–H groups in total. The van der Waals surface area contributed by atoms with Gasteiger partial charge in [-0.05, 0) is 32.0 Å². The number of hydrogen-bond acceptors (Lipinski definition) is 7. The standard InChI is InChI=1S/C26H46N4O4S/c1-29-18-20-30(21-19-29)25-16-15-24(23-28-25)26(31)27-17-13-11-9-7-5-3-4-6-8-10-12-14-22-34-35(2,32)33/h15-16,23H,3-14,17-22H2,1-2H3,(H,27,31). The van der Waals surface area contributed by atoms with E-state index in [9.17, 15) is 13.2 Å². The monoisotopic (exact) mass is 510 g/mol. The number of amides is 1. The first kappa shape index (κ1) is 29.5. The van der Waals surface area contributed by atoms with E-state index in [0.717, 1.165) is 70.4 Å². The smallest absolute Gasteiger partial charge is 0.264 e. The number of piperazine rings is 1. The molecule has 0 saturated carbocycles. The summed E-state index contributed by atoms with van der Waals surface area (Å²) in [7, 11) is -1.15. The average Bonchev–Trinajstić information content (AvgIpc) is 2.83. The van der Waals surface area contributed by atoms with E-state index in [2.05, 4.69) is 27.1 Å². The quantitative estimate of drug-likeness (QED) is 0.233. The second-order valence-corrected chi connectivity index (χ2v) is 11.4. The number of likely N-dealkylation sites (N-methyl/N-ethyl adjacent to an activating group) is 1. The van der Waals surface area contributed by atoms with Crippen molar-refractivity contribution >= 4 is 21.8 Å². The summed E-state index contributed by atoms with van der Waals surface area (Å²) in [5, 5.41) is 3.02. The third-order valence-corrected chi connectivity index (χ3v) is 7.09. The van der Waals surface area contributed by atoms with E-state index in [4.69, 9.17) is 4.18 Å². The molecular weight excluding hydrogens is 464 g/mol. The number of nitrogens with one attached hydrogen (secondary N) is 1. The predicted molar refractivity (Wildman–Crippen MR) is 142 cm³/mol. The van der Waals surface area contributed by atoms with E-state index in [0.29, 0.717) is 18.7 Å². The predicted octanol–water partition coefficient (Wildman–Crippen LogP) is 4.22. The Labute approximate surface area is 212 Å². The maximum absolute atomic E-state index is 12.3. The van der Waals surface area contributed by atoms with Gasteiger partial charge in [0.15, 0.2) is 0 Å². The average molecular weight is 511 g/mol. The Morgan fingerprint density at radius 2 is 1.43 bits per heavy atom. The lowest BCUT2D eigenvalue weighted by atomic mass is 10.1. The van der Waals surface area contributed by atoms with Crippen molar-refractivity contribution in [2.24, 2.45) is 0 Å². The number of nitrogens with zero attached hydrogens (tertiary/aromatic N) is 3. The van der Waals surface area contributed by atoms with Crippen molar-refractivity contribution in [2.75, 3.05) is 57.5 Å². The second-order valence-electron chi connectivity index (χ2n) is 9.72. The summed E-state index contributed by atoms with van der Waals surface area (Å²) in [5.74, 6) is 0.914. The molecule has 1 aromatic rings. The Morgan fingerprint density at radius 3 is 1.94 bits per heavy atom. The number of carbonyl (C=O) groups excluding carboxylic acids is 1. The lowest BCUT2D eigenvalue weighted by Crippen LogP contribution is -2.44. The van der Waals surface area contributed by atoms with Gasteiger partial charge in [0.05, 0.1) is 18.4 Å². The molecule has 0 unspecified atom stereocenters. The molecule has 2 heterocycles. The Balaban J connectivity index is 1.38. The maximum atomic E-state index is 12.3. The van der Waals surface area contributed by atoms with Crippen molar-refractivity contribution in [2.45, 2.75) is 77.0 Å². The molecule has 1 fully saturated rings. The molecule has 1 aromatic heterocycles. The minimum Gasteiger partial charge on any atom is -0.354 e. The summed E-state index contributed by atoms with van der Waals surface area (Å²) in [5.41, 5.74) is 0.630. The molecule has 0 aromatic carbocycles. The molecule has 2 rings (SSSR count). The Morgan fingerprint density at radius 1 is 0.886 bits per heavy atom. The number of unbranched alkanes of at least 4 members (excludes halogenated alkanes) is 11. The summed E-state index contributed by atoms with van der Waals surface area (Å²) < 4.78 is 26.5. The number of aromatic nitrogens is 1. The van der Waals surface area contributed by atoms with Crippen LogP contribution in [0.25, 0.3) is 0 Å². The molecule has 9 heteroatoms. The fraction of sp³-hybridized carbons (Fsp3) is 0.769. The minimum atomic E-state index is -3.29. The molecule has 35 heavy (non-hydrogen) atoms. The zero-order valence-electron chi connectivity index (χ0n) is 21.8. The number of anilines is 1. The highest BCUT2D eigenvalue weighted by Gasteiger charge is 2.15. The highest BCUT2D eigenvalue weighted by atomic mass is 32.2. The summed E-state index contributed by atoms with van der Waals surface area (Å²) in [4.78, 5) is 21.4. The van der Waals surface area contributed by atoms with Crippen molar-refractivity contribution in [3.05, 3.63) is 23.9 Å². The Bertz CT molecular complexity index is 809. The molecule has 8 nitrogen and oxygen atoms in total. The maximum Gasteiger partial charge on any atom is 0.264 e. The summed E-state index contributed by atoms with van der Waals surface area (Å²) in [6, 6.07) is 3.83. The van der Waals surface area contributed by atoms with Crippen LogP contribution < -0.4 is 10.2 Å². The van der Waals surface area contributed by atoms with Gasteiger partial charge in [-0.25, -0.2) is 4.98 Å². The van der Waals surface area contributed by atoms with Crippen LogP contribution in [0.15, 0.2) is 18.3 Å². The van der Waals surface area contributed by atoms with Gasteiger partial charge in [0.25, 0.3) is 16.0 Å². The number of carbonyl (C=O) groups is 1. The van der Waals surface area contributed by atoms with Crippen LogP contribution in [-0.2, 0) is 14.3 Å². The minimum absolute atomic E-state index is 0.0367.